The van der Waals surface area contributed by atoms with E-state index in [4.69, 9.17) is 8.83 Å². The molecular weight excluding hydrogens is 717 g/mol. The maximum Gasteiger partial charge on any atom is 0.153 e. The van der Waals surface area contributed by atoms with Crippen molar-refractivity contribution in [2.45, 2.75) is 0 Å². The zero-order valence-electron chi connectivity index (χ0n) is 30.4. The Morgan fingerprint density at radius 2 is 0.649 bits per heavy atom. The average molecular weight is 747 g/mol. The summed E-state index contributed by atoms with van der Waals surface area (Å²) in [6.45, 7) is 0. The summed E-state index contributed by atoms with van der Waals surface area (Å²) in [6.07, 6.45) is 7.20. The van der Waals surface area contributed by atoms with Gasteiger partial charge in [-0.2, -0.15) is 0 Å². The fourth-order valence-corrected chi connectivity index (χ4v) is 9.46. The Kier molecular flexibility index (Phi) is 7.06. The predicted octanol–water partition coefficient (Wildman–Crippen LogP) is 15.0. The normalized spacial score (nSPS) is 11.9. The average Bonchev–Trinajstić information content (AvgIpc) is 3.96. The first-order valence-corrected chi connectivity index (χ1v) is 19.8. The van der Waals surface area contributed by atoms with Crippen molar-refractivity contribution in [1.82, 2.24) is 9.97 Å². The highest BCUT2D eigenvalue weighted by Gasteiger charge is 2.13. The van der Waals surface area contributed by atoms with Crippen LogP contribution in [-0.2, 0) is 0 Å². The summed E-state index contributed by atoms with van der Waals surface area (Å²) in [5, 5.41) is 6.93. The zero-order chi connectivity index (χ0) is 37.5. The van der Waals surface area contributed by atoms with Crippen LogP contribution in [0.1, 0.15) is 0 Å². The fourth-order valence-electron chi connectivity index (χ4n) is 8.39. The van der Waals surface area contributed by atoms with Crippen molar-refractivity contribution in [3.8, 4) is 55.6 Å². The van der Waals surface area contributed by atoms with Gasteiger partial charge < -0.3 is 8.83 Å². The fraction of sp³-hybridized carbons (Fsp3) is 0. The van der Waals surface area contributed by atoms with Crippen LogP contribution in [0.25, 0.3) is 120 Å². The highest BCUT2D eigenvalue weighted by molar-refractivity contribution is 7.25. The molecule has 12 aromatic rings. The van der Waals surface area contributed by atoms with Crippen LogP contribution in [0.4, 0.5) is 0 Å². The van der Waals surface area contributed by atoms with Gasteiger partial charge in [-0.25, -0.2) is 0 Å². The Morgan fingerprint density at radius 1 is 0.298 bits per heavy atom. The minimum Gasteiger partial charge on any atom is -0.454 e. The van der Waals surface area contributed by atoms with E-state index in [1.54, 1.807) is 12.4 Å². The maximum atomic E-state index is 6.04. The Balaban J connectivity index is 0.881. The summed E-state index contributed by atoms with van der Waals surface area (Å²) in [4.78, 5) is 8.46. The molecule has 0 amide bonds. The van der Waals surface area contributed by atoms with Gasteiger partial charge in [0.1, 0.15) is 11.2 Å². The Morgan fingerprint density at radius 3 is 1.05 bits per heavy atom. The summed E-state index contributed by atoms with van der Waals surface area (Å²) in [5.74, 6) is 0. The first kappa shape index (κ1) is 32.0. The highest BCUT2D eigenvalue weighted by atomic mass is 32.1. The Hall–Kier alpha value is -7.34. The molecule has 5 aromatic heterocycles. The van der Waals surface area contributed by atoms with Crippen LogP contribution in [0.2, 0.25) is 0 Å². The van der Waals surface area contributed by atoms with Gasteiger partial charge in [-0.1, -0.05) is 78.9 Å². The molecule has 266 valence electrons. The van der Waals surface area contributed by atoms with Crippen molar-refractivity contribution in [2.24, 2.45) is 0 Å². The van der Waals surface area contributed by atoms with Gasteiger partial charge in [-0.15, -0.1) is 11.3 Å². The second-order valence-corrected chi connectivity index (χ2v) is 15.7. The minimum absolute atomic E-state index is 0.808. The molecular formula is C52H30N2O2S. The van der Waals surface area contributed by atoms with E-state index in [9.17, 15) is 0 Å². The van der Waals surface area contributed by atoms with E-state index < -0.39 is 0 Å². The first-order chi connectivity index (χ1) is 28.2. The molecule has 7 aromatic carbocycles. The standard InChI is InChI=1S/C52H30N2O2S/c1-4-31(22-33(6-1)37-10-14-47-43(25-37)41-18-20-53-29-49(41)55-47)32-5-2-8-35(23-32)39-12-16-51-45(27-39)46-28-40(13-17-52(46)57-51)36-9-3-7-34(24-36)38-11-15-48-44(26-38)42-19-21-54-30-50(42)56-48/h1-30H. The zero-order valence-corrected chi connectivity index (χ0v) is 31.3. The van der Waals surface area contributed by atoms with Crippen molar-refractivity contribution in [1.29, 1.82) is 0 Å². The number of furan rings is 2. The van der Waals surface area contributed by atoms with Crippen molar-refractivity contribution in [3.63, 3.8) is 0 Å². The van der Waals surface area contributed by atoms with Crippen LogP contribution in [-0.4, -0.2) is 9.97 Å². The van der Waals surface area contributed by atoms with Crippen molar-refractivity contribution < 1.29 is 8.83 Å². The summed E-state index contributed by atoms with van der Waals surface area (Å²) in [5.41, 5.74) is 15.2. The van der Waals surface area contributed by atoms with Crippen LogP contribution in [0.3, 0.4) is 0 Å². The Bertz CT molecular complexity index is 3550. The topological polar surface area (TPSA) is 52.1 Å². The number of aromatic nitrogens is 2. The number of nitrogens with zero attached hydrogens (tertiary/aromatic N) is 2. The summed E-state index contributed by atoms with van der Waals surface area (Å²) >= 11 is 1.85. The second-order valence-electron chi connectivity index (χ2n) is 14.6. The predicted molar refractivity (Wildman–Crippen MR) is 237 cm³/mol. The lowest BCUT2D eigenvalue weighted by atomic mass is 9.95. The molecule has 5 heterocycles. The van der Waals surface area contributed by atoms with Crippen LogP contribution in [0.5, 0.6) is 0 Å². The monoisotopic (exact) mass is 746 g/mol. The lowest BCUT2D eigenvalue weighted by molar-refractivity contribution is 0.666. The van der Waals surface area contributed by atoms with Gasteiger partial charge in [0, 0.05) is 54.1 Å². The molecule has 57 heavy (non-hydrogen) atoms. The third kappa shape index (κ3) is 5.35. The molecule has 0 unspecified atom stereocenters. The van der Waals surface area contributed by atoms with Gasteiger partial charge in [-0.05, 0) is 134 Å². The molecule has 0 aliphatic rings. The van der Waals surface area contributed by atoms with E-state index >= 15 is 0 Å². The van der Waals surface area contributed by atoms with Crippen LogP contribution in [0.15, 0.2) is 191 Å². The van der Waals surface area contributed by atoms with E-state index in [-0.39, 0.29) is 0 Å². The van der Waals surface area contributed by atoms with Gasteiger partial charge in [0.25, 0.3) is 0 Å². The van der Waals surface area contributed by atoms with Crippen molar-refractivity contribution >= 4 is 75.4 Å². The summed E-state index contributed by atoms with van der Waals surface area (Å²) in [7, 11) is 0. The third-order valence-electron chi connectivity index (χ3n) is 11.3. The van der Waals surface area contributed by atoms with Crippen LogP contribution in [0, 0.1) is 0 Å². The number of fused-ring (bicyclic) bond motifs is 9. The molecule has 0 saturated carbocycles. The quantitative estimate of drug-likeness (QED) is 0.176. The second kappa shape index (κ2) is 12.6. The molecule has 0 fully saturated rings. The number of hydrogen-bond donors (Lipinski definition) is 0. The van der Waals surface area contributed by atoms with Crippen LogP contribution < -0.4 is 0 Å². The first-order valence-electron chi connectivity index (χ1n) is 19.0. The van der Waals surface area contributed by atoms with Gasteiger partial charge in [0.15, 0.2) is 11.2 Å². The molecule has 0 N–H and O–H groups in total. The molecule has 12 rings (SSSR count). The van der Waals surface area contributed by atoms with E-state index in [1.807, 2.05) is 35.9 Å². The van der Waals surface area contributed by atoms with Crippen LogP contribution >= 0.6 is 11.3 Å². The highest BCUT2D eigenvalue weighted by Crippen LogP contribution is 2.41. The smallest absolute Gasteiger partial charge is 0.153 e. The SMILES string of the molecule is c1cc(-c2cccc(-c3ccc4sc5ccc(-c6cccc(-c7ccc8oc9cnccc9c8c7)c6)cc5c4c3)c2)cc(-c2ccc3oc4cnccc4c3c2)c1. The van der Waals surface area contributed by atoms with Gasteiger partial charge in [-0.3, -0.25) is 9.97 Å². The van der Waals surface area contributed by atoms with Gasteiger partial charge in [0.05, 0.1) is 12.4 Å². The molecule has 5 heteroatoms. The minimum atomic E-state index is 0.808. The number of benzene rings is 7. The molecule has 0 aliphatic heterocycles. The number of thiophene rings is 1. The van der Waals surface area contributed by atoms with Crippen molar-refractivity contribution in [3.05, 3.63) is 183 Å². The van der Waals surface area contributed by atoms with Gasteiger partial charge in [0.2, 0.25) is 0 Å². The molecule has 0 aliphatic carbocycles. The Labute approximate surface area is 330 Å². The van der Waals surface area contributed by atoms with E-state index in [2.05, 4.69) is 156 Å². The molecule has 0 spiro atoms. The van der Waals surface area contributed by atoms with E-state index in [1.165, 1.54) is 64.7 Å². The van der Waals surface area contributed by atoms with Crippen molar-refractivity contribution in [2.75, 3.05) is 0 Å². The number of pyridine rings is 2. The van der Waals surface area contributed by atoms with E-state index in [0.29, 0.717) is 0 Å². The summed E-state index contributed by atoms with van der Waals surface area (Å²) in [6, 6.07) is 57.2. The molecule has 0 radical (unpaired) electrons. The number of rotatable bonds is 5. The molecule has 4 nitrogen and oxygen atoms in total. The summed E-state index contributed by atoms with van der Waals surface area (Å²) < 4.78 is 14.7. The number of hydrogen-bond acceptors (Lipinski definition) is 5. The maximum absolute atomic E-state index is 6.04. The lowest BCUT2D eigenvalue weighted by Crippen LogP contribution is -1.84. The van der Waals surface area contributed by atoms with Gasteiger partial charge >= 0.3 is 0 Å². The third-order valence-corrected chi connectivity index (χ3v) is 12.4. The molecule has 0 bridgehead atoms. The molecule has 0 atom stereocenters. The molecule has 0 saturated heterocycles. The lowest BCUT2D eigenvalue weighted by Gasteiger charge is -2.09. The largest absolute Gasteiger partial charge is 0.454 e. The van der Waals surface area contributed by atoms with E-state index in [0.717, 1.165) is 55.0 Å².